The summed E-state index contributed by atoms with van der Waals surface area (Å²) in [7, 11) is -1.67. The van der Waals surface area contributed by atoms with Crippen LogP contribution in [0, 0.1) is 0 Å². The average Bonchev–Trinajstić information content (AvgIpc) is 2.76. The minimum absolute atomic E-state index is 0.173. The third kappa shape index (κ3) is 7.61. The third-order valence-electron chi connectivity index (χ3n) is 4.76. The van der Waals surface area contributed by atoms with Gasteiger partial charge in [-0.15, -0.1) is 0 Å². The van der Waals surface area contributed by atoms with Gasteiger partial charge in [-0.2, -0.15) is 13.2 Å². The number of ether oxygens (including phenoxy) is 2. The fourth-order valence-corrected chi connectivity index (χ4v) is 4.46. The van der Waals surface area contributed by atoms with Crippen LogP contribution in [-0.4, -0.2) is 40.3 Å². The molecule has 0 aromatic heterocycles. The number of sulfonamides is 1. The van der Waals surface area contributed by atoms with E-state index in [1.54, 1.807) is 0 Å². The molecule has 1 aliphatic carbocycles. The first-order chi connectivity index (χ1) is 15.4. The van der Waals surface area contributed by atoms with Gasteiger partial charge in [0, 0.05) is 10.5 Å². The first-order valence-corrected chi connectivity index (χ1v) is 12.0. The van der Waals surface area contributed by atoms with Crippen LogP contribution >= 0.6 is 15.9 Å². The normalized spacial score (nSPS) is 13.4. The minimum Gasteiger partial charge on any atom is -0.497 e. The molecule has 0 bridgehead atoms. The minimum atomic E-state index is -4.63. The van der Waals surface area contributed by atoms with Crippen molar-refractivity contribution in [2.75, 3.05) is 20.8 Å². The number of aryl methyl sites for hydroxylation is 1. The summed E-state index contributed by atoms with van der Waals surface area (Å²) in [4.78, 5) is 10.00. The van der Waals surface area contributed by atoms with E-state index in [0.717, 1.165) is 50.0 Å². The van der Waals surface area contributed by atoms with Crippen molar-refractivity contribution in [1.29, 1.82) is 0 Å². The highest BCUT2D eigenvalue weighted by atomic mass is 79.9. The summed E-state index contributed by atoms with van der Waals surface area (Å²) >= 11 is 3.42. The summed E-state index contributed by atoms with van der Waals surface area (Å²) in [6.07, 6.45) is -0.248. The molecule has 0 radical (unpaired) electrons. The summed E-state index contributed by atoms with van der Waals surface area (Å²) in [6, 6.07) is 6.25. The summed E-state index contributed by atoms with van der Waals surface area (Å²) in [6.45, 7) is -0.275. The largest absolute Gasteiger partial charge is 0.497 e. The first-order valence-electron chi connectivity index (χ1n) is 9.73. The first kappa shape index (κ1) is 26.9. The molecule has 0 fully saturated rings. The van der Waals surface area contributed by atoms with Crippen LogP contribution in [0.3, 0.4) is 0 Å². The van der Waals surface area contributed by atoms with Gasteiger partial charge in [0.1, 0.15) is 11.5 Å². The molecule has 0 spiro atoms. The smallest absolute Gasteiger partial charge is 0.416 e. The van der Waals surface area contributed by atoms with Crippen molar-refractivity contribution in [2.24, 2.45) is 0 Å². The molecule has 0 atom stereocenters. The van der Waals surface area contributed by atoms with Gasteiger partial charge in [0.25, 0.3) is 0 Å². The Morgan fingerprint density at radius 1 is 1.15 bits per heavy atom. The standard InChI is InChI=1S/C12H13BrO3.C9H10F3NO3S/c13-9-5-8-3-1-2-4-10(8)11(6-9)16-7-12(14)15;1-13-17(14,15)8-4-6(9(10,11)12)3-7(5-8)16-2/h5-6H,1-4,7H2,(H,14,15);3-5,13H,1-2H3. The molecular weight excluding hydrogens is 531 g/mol. The molecule has 3 rings (SSSR count). The monoisotopic (exact) mass is 553 g/mol. The quantitative estimate of drug-likeness (QED) is 0.549. The molecular formula is C21H23BrF3NO6S. The van der Waals surface area contributed by atoms with Crippen LogP contribution in [0.2, 0.25) is 0 Å². The Labute approximate surface area is 198 Å². The highest BCUT2D eigenvalue weighted by molar-refractivity contribution is 9.10. The predicted molar refractivity (Wildman–Crippen MR) is 118 cm³/mol. The highest BCUT2D eigenvalue weighted by Crippen LogP contribution is 2.34. The lowest BCUT2D eigenvalue weighted by Crippen LogP contribution is -2.19. The summed E-state index contributed by atoms with van der Waals surface area (Å²) in [5, 5.41) is 8.61. The van der Waals surface area contributed by atoms with E-state index in [9.17, 15) is 26.4 Å². The zero-order valence-electron chi connectivity index (χ0n) is 17.8. The molecule has 0 amide bonds. The van der Waals surface area contributed by atoms with Crippen molar-refractivity contribution < 1.29 is 41.0 Å². The number of rotatable bonds is 6. The number of nitrogens with one attached hydrogen (secondary N) is 1. The predicted octanol–water partition coefficient (Wildman–Crippen LogP) is 4.41. The summed E-state index contributed by atoms with van der Waals surface area (Å²) < 4.78 is 73.2. The van der Waals surface area contributed by atoms with Gasteiger partial charge >= 0.3 is 12.1 Å². The van der Waals surface area contributed by atoms with Crippen molar-refractivity contribution in [3.63, 3.8) is 0 Å². The number of alkyl halides is 3. The van der Waals surface area contributed by atoms with Gasteiger partial charge in [-0.1, -0.05) is 15.9 Å². The van der Waals surface area contributed by atoms with Crippen molar-refractivity contribution in [3.8, 4) is 11.5 Å². The van der Waals surface area contributed by atoms with Crippen LogP contribution in [0.15, 0.2) is 39.7 Å². The Bertz CT molecular complexity index is 1110. The summed E-state index contributed by atoms with van der Waals surface area (Å²) in [5.41, 5.74) is 1.38. The molecule has 0 saturated carbocycles. The van der Waals surface area contributed by atoms with Crippen LogP contribution < -0.4 is 14.2 Å². The van der Waals surface area contributed by atoms with Gasteiger partial charge in [-0.05, 0) is 68.1 Å². The van der Waals surface area contributed by atoms with E-state index in [2.05, 4.69) is 26.7 Å². The maximum absolute atomic E-state index is 12.5. The molecule has 0 unspecified atom stereocenters. The summed E-state index contributed by atoms with van der Waals surface area (Å²) in [5.74, 6) is -0.398. The lowest BCUT2D eigenvalue weighted by molar-refractivity contribution is -0.139. The fraction of sp³-hybridized carbons (Fsp3) is 0.381. The number of carbonyl (C=O) groups is 1. The SMILES string of the molecule is CNS(=O)(=O)c1cc(OC)cc(C(F)(F)F)c1.O=C(O)COc1cc(Br)cc2c1CCCC2. The van der Waals surface area contributed by atoms with Crippen molar-refractivity contribution >= 4 is 31.9 Å². The molecule has 2 aromatic rings. The van der Waals surface area contributed by atoms with Crippen LogP contribution in [-0.2, 0) is 33.8 Å². The van der Waals surface area contributed by atoms with E-state index in [1.807, 2.05) is 10.8 Å². The number of hydrogen-bond acceptors (Lipinski definition) is 5. The van der Waals surface area contributed by atoms with E-state index in [4.69, 9.17) is 9.84 Å². The van der Waals surface area contributed by atoms with Crippen molar-refractivity contribution in [1.82, 2.24) is 4.72 Å². The molecule has 12 heteroatoms. The maximum Gasteiger partial charge on any atom is 0.416 e. The number of methoxy groups -OCH3 is 1. The van der Waals surface area contributed by atoms with Gasteiger partial charge in [0.05, 0.1) is 17.6 Å². The number of carboxylic acids is 1. The molecule has 33 heavy (non-hydrogen) atoms. The Morgan fingerprint density at radius 3 is 2.39 bits per heavy atom. The fourth-order valence-electron chi connectivity index (χ4n) is 3.18. The molecule has 7 nitrogen and oxygen atoms in total. The number of carboxylic acid groups (broad SMARTS) is 1. The van der Waals surface area contributed by atoms with Crippen molar-refractivity contribution in [2.45, 2.75) is 36.8 Å². The molecule has 0 saturated heterocycles. The molecule has 0 aliphatic heterocycles. The number of hydrogen-bond donors (Lipinski definition) is 2. The Balaban J connectivity index is 0.000000234. The second-order valence-corrected chi connectivity index (χ2v) is 9.84. The van der Waals surface area contributed by atoms with E-state index in [0.29, 0.717) is 11.8 Å². The lowest BCUT2D eigenvalue weighted by Gasteiger charge is -2.19. The third-order valence-corrected chi connectivity index (χ3v) is 6.61. The molecule has 182 valence electrons. The molecule has 1 aliphatic rings. The zero-order valence-corrected chi connectivity index (χ0v) is 20.2. The number of fused-ring (bicyclic) bond motifs is 1. The number of benzene rings is 2. The van der Waals surface area contributed by atoms with Crippen LogP contribution in [0.4, 0.5) is 13.2 Å². The second-order valence-electron chi connectivity index (χ2n) is 7.03. The molecule has 2 aromatic carbocycles. The van der Waals surface area contributed by atoms with Gasteiger partial charge in [0.2, 0.25) is 10.0 Å². The van der Waals surface area contributed by atoms with Crippen molar-refractivity contribution in [3.05, 3.63) is 51.5 Å². The Kier molecular flexibility index (Phi) is 9.15. The zero-order chi connectivity index (χ0) is 24.8. The van der Waals surface area contributed by atoms with Gasteiger partial charge in [-0.25, -0.2) is 17.9 Å². The van der Waals surface area contributed by atoms with Gasteiger partial charge in [-0.3, -0.25) is 0 Å². The maximum atomic E-state index is 12.5. The van der Waals surface area contributed by atoms with Gasteiger partial charge in [0.15, 0.2) is 6.61 Å². The highest BCUT2D eigenvalue weighted by Gasteiger charge is 2.32. The Hall–Kier alpha value is -2.31. The van der Waals surface area contributed by atoms with Gasteiger partial charge < -0.3 is 14.6 Å². The van der Waals surface area contributed by atoms with E-state index >= 15 is 0 Å². The van der Waals surface area contributed by atoms with E-state index in [1.165, 1.54) is 17.5 Å². The van der Waals surface area contributed by atoms with E-state index in [-0.39, 0.29) is 12.4 Å². The molecule has 2 N–H and O–H groups in total. The van der Waals surface area contributed by atoms with E-state index < -0.39 is 32.6 Å². The average molecular weight is 554 g/mol. The lowest BCUT2D eigenvalue weighted by atomic mass is 9.91. The topological polar surface area (TPSA) is 102 Å². The van der Waals surface area contributed by atoms with Crippen LogP contribution in [0.25, 0.3) is 0 Å². The molecule has 0 heterocycles. The Morgan fingerprint density at radius 2 is 1.82 bits per heavy atom. The number of halogens is 4. The van der Waals surface area contributed by atoms with Crippen LogP contribution in [0.1, 0.15) is 29.5 Å². The second kappa shape index (κ2) is 11.2. The van der Waals surface area contributed by atoms with Crippen LogP contribution in [0.5, 0.6) is 11.5 Å². The number of aliphatic carboxylic acids is 1.